The summed E-state index contributed by atoms with van der Waals surface area (Å²) in [5.41, 5.74) is 0.804. The first kappa shape index (κ1) is 14.6. The zero-order valence-corrected chi connectivity index (χ0v) is 12.4. The van der Waals surface area contributed by atoms with Crippen molar-refractivity contribution in [3.05, 3.63) is 28.8 Å². The lowest BCUT2D eigenvalue weighted by molar-refractivity contribution is 0.00508. The van der Waals surface area contributed by atoms with Crippen molar-refractivity contribution in [1.82, 2.24) is 4.90 Å². The van der Waals surface area contributed by atoms with Crippen molar-refractivity contribution in [1.29, 1.82) is 0 Å². The molecule has 2 rings (SSSR count). The number of aliphatic hydroxyl groups is 1. The molecule has 0 spiro atoms. The highest BCUT2D eigenvalue weighted by molar-refractivity contribution is 6.32. The van der Waals surface area contributed by atoms with E-state index >= 15 is 0 Å². The average molecular weight is 284 g/mol. The highest BCUT2D eigenvalue weighted by Gasteiger charge is 2.33. The number of likely N-dealkylation sites (N-methyl/N-ethyl adjacent to an activating group) is 1. The Morgan fingerprint density at radius 3 is 2.89 bits per heavy atom. The summed E-state index contributed by atoms with van der Waals surface area (Å²) < 4.78 is 5.77. The molecule has 2 atom stereocenters. The Kier molecular flexibility index (Phi) is 5.08. The van der Waals surface area contributed by atoms with Crippen LogP contribution in [-0.4, -0.2) is 35.7 Å². The SMILES string of the molecule is CCCCN(CC)C1COc2c(Cl)cccc2C1O. The van der Waals surface area contributed by atoms with E-state index in [9.17, 15) is 5.11 Å². The molecule has 0 aliphatic carbocycles. The van der Waals surface area contributed by atoms with E-state index in [0.717, 1.165) is 31.5 Å². The van der Waals surface area contributed by atoms with Crippen molar-refractivity contribution in [3.8, 4) is 5.75 Å². The fourth-order valence-corrected chi connectivity index (χ4v) is 2.84. The van der Waals surface area contributed by atoms with Gasteiger partial charge in [-0.2, -0.15) is 0 Å². The van der Waals surface area contributed by atoms with Gasteiger partial charge in [0.25, 0.3) is 0 Å². The van der Waals surface area contributed by atoms with E-state index < -0.39 is 6.10 Å². The normalized spacial score (nSPS) is 22.2. The molecule has 2 unspecified atom stereocenters. The van der Waals surface area contributed by atoms with Crippen LogP contribution in [0.25, 0.3) is 0 Å². The predicted molar refractivity (Wildman–Crippen MR) is 77.8 cm³/mol. The molecule has 0 radical (unpaired) electrons. The molecule has 1 aliphatic rings. The predicted octanol–water partition coefficient (Wildman–Crippen LogP) is 3.26. The Bertz CT molecular complexity index is 425. The highest BCUT2D eigenvalue weighted by Crippen LogP contribution is 2.38. The van der Waals surface area contributed by atoms with Gasteiger partial charge in [-0.1, -0.05) is 44.0 Å². The number of hydrogen-bond donors (Lipinski definition) is 1. The first-order chi connectivity index (χ1) is 9.19. The topological polar surface area (TPSA) is 32.7 Å². The van der Waals surface area contributed by atoms with E-state index in [0.29, 0.717) is 17.4 Å². The quantitative estimate of drug-likeness (QED) is 0.900. The second-order valence-electron chi connectivity index (χ2n) is 4.96. The smallest absolute Gasteiger partial charge is 0.143 e. The largest absolute Gasteiger partial charge is 0.490 e. The van der Waals surface area contributed by atoms with E-state index in [1.807, 2.05) is 12.1 Å². The van der Waals surface area contributed by atoms with Gasteiger partial charge in [0.15, 0.2) is 0 Å². The molecule has 1 heterocycles. The van der Waals surface area contributed by atoms with Crippen LogP contribution in [0.1, 0.15) is 38.4 Å². The van der Waals surface area contributed by atoms with E-state index in [2.05, 4.69) is 18.7 Å². The molecule has 0 aromatic heterocycles. The van der Waals surface area contributed by atoms with Crippen molar-refractivity contribution >= 4 is 11.6 Å². The number of benzene rings is 1. The highest BCUT2D eigenvalue weighted by atomic mass is 35.5. The maximum absolute atomic E-state index is 10.6. The Balaban J connectivity index is 2.18. The van der Waals surface area contributed by atoms with Gasteiger partial charge in [-0.3, -0.25) is 4.90 Å². The molecule has 4 heteroatoms. The molecule has 3 nitrogen and oxygen atoms in total. The van der Waals surface area contributed by atoms with Crippen molar-refractivity contribution in [2.75, 3.05) is 19.7 Å². The van der Waals surface area contributed by atoms with Gasteiger partial charge in [0.1, 0.15) is 18.5 Å². The number of hydrogen-bond acceptors (Lipinski definition) is 3. The second kappa shape index (κ2) is 6.60. The van der Waals surface area contributed by atoms with Gasteiger partial charge in [0, 0.05) is 5.56 Å². The monoisotopic (exact) mass is 283 g/mol. The van der Waals surface area contributed by atoms with Gasteiger partial charge in [-0.25, -0.2) is 0 Å². The van der Waals surface area contributed by atoms with Crippen molar-refractivity contribution in [2.24, 2.45) is 0 Å². The number of rotatable bonds is 5. The number of aliphatic hydroxyl groups excluding tert-OH is 1. The molecule has 0 saturated carbocycles. The maximum Gasteiger partial charge on any atom is 0.143 e. The summed E-state index contributed by atoms with van der Waals surface area (Å²) in [6.07, 6.45) is 1.77. The van der Waals surface area contributed by atoms with Crippen LogP contribution in [0.4, 0.5) is 0 Å². The van der Waals surface area contributed by atoms with Gasteiger partial charge in [-0.15, -0.1) is 0 Å². The molecule has 1 N–H and O–H groups in total. The van der Waals surface area contributed by atoms with E-state index in [-0.39, 0.29) is 6.04 Å². The number of halogens is 1. The molecule has 1 aromatic rings. The summed E-state index contributed by atoms with van der Waals surface area (Å²) in [5.74, 6) is 0.638. The van der Waals surface area contributed by atoms with Gasteiger partial charge < -0.3 is 9.84 Å². The van der Waals surface area contributed by atoms with Gasteiger partial charge in [0.05, 0.1) is 11.1 Å². The summed E-state index contributed by atoms with van der Waals surface area (Å²) in [4.78, 5) is 2.29. The molecule has 0 fully saturated rings. The van der Waals surface area contributed by atoms with E-state index in [1.165, 1.54) is 0 Å². The molecule has 19 heavy (non-hydrogen) atoms. The number of nitrogens with zero attached hydrogens (tertiary/aromatic N) is 1. The Hall–Kier alpha value is -0.770. The first-order valence-corrected chi connectivity index (χ1v) is 7.40. The molecule has 1 aliphatic heterocycles. The van der Waals surface area contributed by atoms with E-state index in [1.54, 1.807) is 6.07 Å². The lowest BCUT2D eigenvalue weighted by atomic mass is 9.97. The zero-order chi connectivity index (χ0) is 13.8. The number of para-hydroxylation sites is 1. The van der Waals surface area contributed by atoms with Crippen LogP contribution in [0.2, 0.25) is 5.02 Å². The molecule has 1 aromatic carbocycles. The number of ether oxygens (including phenoxy) is 1. The van der Waals surface area contributed by atoms with Crippen LogP contribution < -0.4 is 4.74 Å². The Labute approximate surface area is 120 Å². The summed E-state index contributed by atoms with van der Waals surface area (Å²) in [7, 11) is 0. The van der Waals surface area contributed by atoms with Crippen LogP contribution in [0.3, 0.4) is 0 Å². The van der Waals surface area contributed by atoms with Crippen molar-refractivity contribution < 1.29 is 9.84 Å². The third-order valence-electron chi connectivity index (χ3n) is 3.75. The maximum atomic E-state index is 10.6. The second-order valence-corrected chi connectivity index (χ2v) is 5.37. The number of unbranched alkanes of at least 4 members (excludes halogenated alkanes) is 1. The minimum Gasteiger partial charge on any atom is -0.490 e. The van der Waals surface area contributed by atoms with Crippen molar-refractivity contribution in [3.63, 3.8) is 0 Å². The van der Waals surface area contributed by atoms with Gasteiger partial charge in [0.2, 0.25) is 0 Å². The molecule has 0 amide bonds. The van der Waals surface area contributed by atoms with Crippen LogP contribution in [0.5, 0.6) is 5.75 Å². The van der Waals surface area contributed by atoms with E-state index in [4.69, 9.17) is 16.3 Å². The third kappa shape index (κ3) is 3.04. The Morgan fingerprint density at radius 2 is 2.21 bits per heavy atom. The molecule has 0 saturated heterocycles. The molecular weight excluding hydrogens is 262 g/mol. The summed E-state index contributed by atoms with van der Waals surface area (Å²) >= 11 is 6.10. The van der Waals surface area contributed by atoms with Gasteiger partial charge in [-0.05, 0) is 25.6 Å². The lowest BCUT2D eigenvalue weighted by Gasteiger charge is -2.38. The van der Waals surface area contributed by atoms with Crippen molar-refractivity contribution in [2.45, 2.75) is 38.8 Å². The summed E-state index contributed by atoms with van der Waals surface area (Å²) in [5, 5.41) is 11.1. The minimum absolute atomic E-state index is 0.0162. The number of fused-ring (bicyclic) bond motifs is 1. The standard InChI is InChI=1S/C15H22ClNO2/c1-3-5-9-17(4-2)13-10-19-15-11(14(13)18)7-6-8-12(15)16/h6-8,13-14,18H,3-5,9-10H2,1-2H3. The first-order valence-electron chi connectivity index (χ1n) is 7.02. The minimum atomic E-state index is -0.528. The fraction of sp³-hybridized carbons (Fsp3) is 0.600. The summed E-state index contributed by atoms with van der Waals surface area (Å²) in [6, 6.07) is 5.56. The lowest BCUT2D eigenvalue weighted by Crippen LogP contribution is -2.46. The van der Waals surface area contributed by atoms with Crippen LogP contribution in [0.15, 0.2) is 18.2 Å². The Morgan fingerprint density at radius 1 is 1.42 bits per heavy atom. The fourth-order valence-electron chi connectivity index (χ4n) is 2.60. The molecule has 0 bridgehead atoms. The van der Waals surface area contributed by atoms with Crippen LogP contribution >= 0.6 is 11.6 Å². The molecular formula is C15H22ClNO2. The zero-order valence-electron chi connectivity index (χ0n) is 11.6. The van der Waals surface area contributed by atoms with Crippen LogP contribution in [-0.2, 0) is 0 Å². The third-order valence-corrected chi connectivity index (χ3v) is 4.05. The molecule has 106 valence electrons. The summed E-state index contributed by atoms with van der Waals surface area (Å²) in [6.45, 7) is 6.71. The van der Waals surface area contributed by atoms with Crippen LogP contribution in [0, 0.1) is 0 Å². The van der Waals surface area contributed by atoms with Gasteiger partial charge >= 0.3 is 0 Å². The average Bonchev–Trinajstić information content (AvgIpc) is 2.42.